The predicted molar refractivity (Wildman–Crippen MR) is 126 cm³/mol. The molecule has 0 bridgehead atoms. The maximum atomic E-state index is 9.60. The van der Waals surface area contributed by atoms with E-state index in [9.17, 15) is 4.79 Å². The summed E-state index contributed by atoms with van der Waals surface area (Å²) in [5.74, 6) is 7.23. The van der Waals surface area contributed by atoms with Crippen LogP contribution in [0.3, 0.4) is 0 Å². The van der Waals surface area contributed by atoms with Gasteiger partial charge in [-0.15, -0.1) is 0 Å². The molecule has 3 rings (SSSR count). The summed E-state index contributed by atoms with van der Waals surface area (Å²) in [4.78, 5) is 22.4. The van der Waals surface area contributed by atoms with Crippen molar-refractivity contribution in [2.24, 2.45) is 0 Å². The van der Waals surface area contributed by atoms with Crippen molar-refractivity contribution in [3.63, 3.8) is 0 Å². The molecule has 1 fully saturated rings. The SMILES string of the molecule is C=S1CCc2nc(N(C)CC)nc(N[C@H]3C[C@H]3NC)c21.CC.CC(C)(C)OC=O. The molecule has 2 heterocycles. The van der Waals surface area contributed by atoms with Crippen molar-refractivity contribution in [2.75, 3.05) is 36.6 Å². The fourth-order valence-corrected chi connectivity index (χ4v) is 4.18. The Labute approximate surface area is 179 Å². The molecule has 1 unspecified atom stereocenters. The molecule has 2 aliphatic rings. The molecule has 2 N–H and O–H groups in total. The van der Waals surface area contributed by atoms with E-state index in [0.717, 1.165) is 30.5 Å². The van der Waals surface area contributed by atoms with Gasteiger partial charge in [0.25, 0.3) is 6.47 Å². The second-order valence-electron chi connectivity index (χ2n) is 7.82. The highest BCUT2D eigenvalue weighted by Gasteiger charge is 2.37. The van der Waals surface area contributed by atoms with Crippen molar-refractivity contribution in [3.8, 4) is 0 Å². The van der Waals surface area contributed by atoms with Gasteiger partial charge < -0.3 is 20.3 Å². The summed E-state index contributed by atoms with van der Waals surface area (Å²) in [5.41, 5.74) is 0.875. The van der Waals surface area contributed by atoms with Crippen LogP contribution in [0.1, 0.15) is 53.7 Å². The summed E-state index contributed by atoms with van der Waals surface area (Å²) in [7, 11) is 4.09. The number of carbonyl (C=O) groups is 1. The zero-order valence-electron chi connectivity index (χ0n) is 19.3. The average Bonchev–Trinajstić information content (AvgIpc) is 3.33. The molecule has 3 atom stereocenters. The van der Waals surface area contributed by atoms with Gasteiger partial charge in [0.15, 0.2) is 0 Å². The monoisotopic (exact) mass is 425 g/mol. The van der Waals surface area contributed by atoms with Crippen molar-refractivity contribution in [1.82, 2.24) is 15.3 Å². The second kappa shape index (κ2) is 11.5. The van der Waals surface area contributed by atoms with Crippen molar-refractivity contribution < 1.29 is 9.53 Å². The number of nitrogens with one attached hydrogen (secondary N) is 2. The normalized spacial score (nSPS) is 21.6. The first-order valence-corrected chi connectivity index (χ1v) is 11.9. The van der Waals surface area contributed by atoms with Crippen LogP contribution >= 0.6 is 10.5 Å². The Bertz CT molecular complexity index is 690. The Morgan fingerprint density at radius 2 is 1.97 bits per heavy atom. The van der Waals surface area contributed by atoms with Crippen LogP contribution < -0.4 is 15.5 Å². The molecule has 1 aromatic rings. The number of nitrogens with zero attached hydrogens (tertiary/aromatic N) is 3. The lowest BCUT2D eigenvalue weighted by atomic mass is 10.2. The van der Waals surface area contributed by atoms with E-state index >= 15 is 0 Å². The fourth-order valence-electron chi connectivity index (χ4n) is 2.68. The number of aryl methyl sites for hydroxylation is 1. The van der Waals surface area contributed by atoms with Gasteiger partial charge in [-0.25, -0.2) is 4.98 Å². The zero-order valence-corrected chi connectivity index (χ0v) is 20.2. The van der Waals surface area contributed by atoms with Gasteiger partial charge in [0.1, 0.15) is 11.4 Å². The van der Waals surface area contributed by atoms with Crippen molar-refractivity contribution in [1.29, 1.82) is 0 Å². The van der Waals surface area contributed by atoms with Crippen LogP contribution in [0.2, 0.25) is 0 Å². The van der Waals surface area contributed by atoms with Gasteiger partial charge >= 0.3 is 0 Å². The molecule has 7 nitrogen and oxygen atoms in total. The fraction of sp³-hybridized carbons (Fsp3) is 0.714. The number of aromatic nitrogens is 2. The summed E-state index contributed by atoms with van der Waals surface area (Å²) in [6.07, 6.45) is 2.20. The van der Waals surface area contributed by atoms with E-state index in [1.54, 1.807) is 0 Å². The minimum Gasteiger partial charge on any atom is -0.462 e. The van der Waals surface area contributed by atoms with Crippen molar-refractivity contribution in [2.45, 2.75) is 77.0 Å². The van der Waals surface area contributed by atoms with E-state index in [0.29, 0.717) is 18.6 Å². The van der Waals surface area contributed by atoms with Gasteiger partial charge in [0.05, 0.1) is 10.6 Å². The van der Waals surface area contributed by atoms with Gasteiger partial charge in [0.2, 0.25) is 5.95 Å². The Morgan fingerprint density at radius 1 is 1.31 bits per heavy atom. The Hall–Kier alpha value is -1.67. The summed E-state index contributed by atoms with van der Waals surface area (Å²) in [5, 5.41) is 6.90. The number of anilines is 2. The maximum absolute atomic E-state index is 9.60. The predicted octanol–water partition coefficient (Wildman–Crippen LogP) is 3.30. The van der Waals surface area contributed by atoms with E-state index in [1.165, 1.54) is 17.0 Å². The molecule has 8 heteroatoms. The molecule has 1 saturated carbocycles. The lowest BCUT2D eigenvalue weighted by Gasteiger charge is -2.18. The standard InChI is InChI=1S/C14H23N5S.C5H10O2.C2H6/c1-5-19(3)14-17-9-6-7-20(4)12(9)13(18-14)16-11-8-10(11)15-2;1-5(2,3)7-4-6;1-2/h10-11,15H,4-8H2,1-3H3,(H,16,17,18);4H,1-3H3;1-2H3/t10-,11+,20?;;/m1../s1. The number of hydrogen-bond donors (Lipinski definition) is 2. The largest absolute Gasteiger partial charge is 0.462 e. The molecular weight excluding hydrogens is 386 g/mol. The summed E-state index contributed by atoms with van der Waals surface area (Å²) in [6, 6.07) is 1.07. The first kappa shape index (κ1) is 25.4. The minimum atomic E-state index is -0.318. The molecule has 0 radical (unpaired) electrons. The van der Waals surface area contributed by atoms with Crippen LogP contribution in [-0.4, -0.2) is 66.4 Å². The second-order valence-corrected chi connectivity index (χ2v) is 9.62. The number of carbonyl (C=O) groups excluding carboxylic acids is 1. The van der Waals surface area contributed by atoms with Gasteiger partial charge in [-0.3, -0.25) is 4.79 Å². The zero-order chi connectivity index (χ0) is 22.2. The third-order valence-electron chi connectivity index (χ3n) is 4.50. The number of ether oxygens (including phenoxy) is 1. The van der Waals surface area contributed by atoms with Gasteiger partial charge in [-0.1, -0.05) is 19.7 Å². The van der Waals surface area contributed by atoms with Crippen LogP contribution in [-0.2, 0) is 16.0 Å². The Balaban J connectivity index is 0.000000399. The average molecular weight is 426 g/mol. The third kappa shape index (κ3) is 7.59. The first-order chi connectivity index (χ1) is 13.7. The molecule has 0 spiro atoms. The minimum absolute atomic E-state index is 0.0390. The number of rotatable bonds is 6. The quantitative estimate of drug-likeness (QED) is 0.535. The first-order valence-electron chi connectivity index (χ1n) is 10.4. The molecular formula is C21H39N5O2S. The van der Waals surface area contributed by atoms with E-state index in [4.69, 9.17) is 9.97 Å². The third-order valence-corrected chi connectivity index (χ3v) is 6.20. The molecule has 0 amide bonds. The number of fused-ring (bicyclic) bond motifs is 1. The summed E-state index contributed by atoms with van der Waals surface area (Å²) < 4.78 is 4.55. The van der Waals surface area contributed by atoms with Crippen molar-refractivity contribution >= 4 is 34.6 Å². The molecule has 29 heavy (non-hydrogen) atoms. The van der Waals surface area contributed by atoms with E-state index in [1.807, 2.05) is 48.7 Å². The van der Waals surface area contributed by atoms with Crippen LogP contribution in [0, 0.1) is 0 Å². The highest BCUT2D eigenvalue weighted by atomic mass is 32.2. The van der Waals surface area contributed by atoms with Crippen LogP contribution in [0.25, 0.3) is 0 Å². The Morgan fingerprint density at radius 3 is 2.41 bits per heavy atom. The summed E-state index contributed by atoms with van der Waals surface area (Å²) >= 11 is 0. The highest BCUT2D eigenvalue weighted by Crippen LogP contribution is 2.42. The van der Waals surface area contributed by atoms with E-state index in [-0.39, 0.29) is 16.1 Å². The Kier molecular flexibility index (Phi) is 10.1. The molecule has 1 aliphatic carbocycles. The maximum Gasteiger partial charge on any atom is 0.293 e. The van der Waals surface area contributed by atoms with Crippen LogP contribution in [0.15, 0.2) is 4.90 Å². The molecule has 166 valence electrons. The molecule has 1 aromatic heterocycles. The lowest BCUT2D eigenvalue weighted by Crippen LogP contribution is -2.22. The smallest absolute Gasteiger partial charge is 0.293 e. The van der Waals surface area contributed by atoms with Crippen LogP contribution in [0.5, 0.6) is 0 Å². The topological polar surface area (TPSA) is 79.4 Å². The number of hydrogen-bond acceptors (Lipinski definition) is 7. The molecule has 1 aliphatic heterocycles. The molecule has 0 saturated heterocycles. The van der Waals surface area contributed by atoms with E-state index in [2.05, 4.69) is 33.1 Å². The van der Waals surface area contributed by atoms with Crippen LogP contribution in [0.4, 0.5) is 11.8 Å². The van der Waals surface area contributed by atoms with E-state index < -0.39 is 0 Å². The summed E-state index contributed by atoms with van der Waals surface area (Å²) in [6.45, 7) is 13.0. The van der Waals surface area contributed by atoms with Gasteiger partial charge in [-0.2, -0.15) is 15.5 Å². The van der Waals surface area contributed by atoms with Crippen molar-refractivity contribution in [3.05, 3.63) is 5.69 Å². The molecule has 0 aromatic carbocycles. The lowest BCUT2D eigenvalue weighted by molar-refractivity contribution is -0.138. The number of likely N-dealkylation sites (N-methyl/N-ethyl adjacent to an activating group) is 1. The highest BCUT2D eigenvalue weighted by molar-refractivity contribution is 8.14. The van der Waals surface area contributed by atoms with Gasteiger partial charge in [-0.05, 0) is 53.3 Å². The van der Waals surface area contributed by atoms with Gasteiger partial charge in [0, 0.05) is 25.7 Å².